The number of halogens is 1. The van der Waals surface area contributed by atoms with Gasteiger partial charge in [0.15, 0.2) is 11.5 Å². The maximum Gasteiger partial charge on any atom is 0.306 e. The fourth-order valence-electron chi connectivity index (χ4n) is 4.12. The summed E-state index contributed by atoms with van der Waals surface area (Å²) in [6.07, 6.45) is 0.936. The number of hydrogen-bond acceptors (Lipinski definition) is 7. The zero-order valence-corrected chi connectivity index (χ0v) is 20.2. The number of ether oxygens (including phenoxy) is 1. The van der Waals surface area contributed by atoms with E-state index >= 15 is 0 Å². The number of benzene rings is 3. The predicted molar refractivity (Wildman–Crippen MR) is 130 cm³/mol. The van der Waals surface area contributed by atoms with Crippen molar-refractivity contribution in [3.63, 3.8) is 0 Å². The molecule has 3 aromatic rings. The highest BCUT2D eigenvalue weighted by Crippen LogP contribution is 2.42. The molecule has 1 amide bonds. The van der Waals surface area contributed by atoms with E-state index in [0.717, 1.165) is 6.26 Å². The third-order valence-corrected chi connectivity index (χ3v) is 6.21. The lowest BCUT2D eigenvalue weighted by molar-refractivity contribution is -0.130. The summed E-state index contributed by atoms with van der Waals surface area (Å²) in [5, 5.41) is 0. The average molecular weight is 498 g/mol. The van der Waals surface area contributed by atoms with E-state index in [1.807, 2.05) is 0 Å². The number of nitrogens with zero attached hydrogens (tertiary/aromatic N) is 2. The van der Waals surface area contributed by atoms with Gasteiger partial charge in [0.25, 0.3) is 5.91 Å². The molecule has 4 rings (SSSR count). The Morgan fingerprint density at radius 3 is 2.31 bits per heavy atom. The first-order chi connectivity index (χ1) is 16.6. The quantitative estimate of drug-likeness (QED) is 0.502. The van der Waals surface area contributed by atoms with Crippen molar-refractivity contribution in [3.8, 4) is 22.6 Å². The van der Waals surface area contributed by atoms with Gasteiger partial charge < -0.3 is 14.7 Å². The van der Waals surface area contributed by atoms with E-state index in [0.29, 0.717) is 22.4 Å². The predicted octanol–water partition coefficient (Wildman–Crippen LogP) is 3.26. The molecule has 3 aromatic carbocycles. The van der Waals surface area contributed by atoms with Crippen LogP contribution in [0.4, 0.5) is 4.39 Å². The van der Waals surface area contributed by atoms with Gasteiger partial charge in [0.1, 0.15) is 17.3 Å². The second-order valence-electron chi connectivity index (χ2n) is 7.97. The molecule has 0 aromatic heterocycles. The molecule has 1 aliphatic rings. The first kappa shape index (κ1) is 24.2. The topological polar surface area (TPSA) is 111 Å². The van der Waals surface area contributed by atoms with Crippen molar-refractivity contribution in [2.24, 2.45) is 10.7 Å². The molecule has 0 bridgehead atoms. The molecule has 182 valence electrons. The zero-order chi connectivity index (χ0) is 25.4. The lowest BCUT2D eigenvalue weighted by Crippen LogP contribution is -2.43. The van der Waals surface area contributed by atoms with Crippen LogP contribution in [0.25, 0.3) is 11.1 Å². The van der Waals surface area contributed by atoms with Crippen molar-refractivity contribution in [2.75, 3.05) is 19.9 Å². The molecule has 2 N–H and O–H groups in total. The minimum absolute atomic E-state index is 0.0289. The molecule has 10 heteroatoms. The Morgan fingerprint density at radius 2 is 1.71 bits per heavy atom. The number of hydrogen-bond donors (Lipinski definition) is 1. The minimum Gasteiger partial charge on any atom is -0.497 e. The molecule has 0 radical (unpaired) electrons. The number of carbonyl (C=O) groups excluding carboxylic acids is 1. The minimum atomic E-state index is -3.73. The Kier molecular flexibility index (Phi) is 6.25. The molecule has 0 fully saturated rings. The Labute approximate surface area is 202 Å². The van der Waals surface area contributed by atoms with Crippen LogP contribution in [0, 0.1) is 5.82 Å². The number of aliphatic imine (C=N–C) groups is 1. The summed E-state index contributed by atoms with van der Waals surface area (Å²) in [5.74, 6) is -0.223. The van der Waals surface area contributed by atoms with E-state index < -0.39 is 27.4 Å². The number of likely N-dealkylation sites (N-methyl/N-ethyl adjacent to an activating group) is 1. The summed E-state index contributed by atoms with van der Waals surface area (Å²) in [7, 11) is -2.21. The van der Waals surface area contributed by atoms with E-state index in [2.05, 4.69) is 4.99 Å². The van der Waals surface area contributed by atoms with Crippen molar-refractivity contribution in [1.82, 2.24) is 4.90 Å². The lowest BCUT2D eigenvalue weighted by atomic mass is 9.81. The molecule has 1 atom stereocenters. The van der Waals surface area contributed by atoms with Crippen LogP contribution >= 0.6 is 0 Å². The molecule has 35 heavy (non-hydrogen) atoms. The second kappa shape index (κ2) is 9.03. The van der Waals surface area contributed by atoms with Crippen LogP contribution in [0.1, 0.15) is 18.1 Å². The zero-order valence-electron chi connectivity index (χ0n) is 19.4. The normalized spacial score (nSPS) is 17.9. The van der Waals surface area contributed by atoms with E-state index in [-0.39, 0.29) is 23.8 Å². The van der Waals surface area contributed by atoms with Crippen molar-refractivity contribution < 1.29 is 26.5 Å². The second-order valence-corrected chi connectivity index (χ2v) is 9.54. The molecule has 1 heterocycles. The highest BCUT2D eigenvalue weighted by Gasteiger charge is 2.50. The Bertz CT molecular complexity index is 1420. The Morgan fingerprint density at radius 1 is 1.03 bits per heavy atom. The van der Waals surface area contributed by atoms with E-state index in [1.165, 1.54) is 36.3 Å². The monoisotopic (exact) mass is 497 g/mol. The standard InChI is InChI=1S/C25H24FN3O5S/c1-4-29-23(30)25(28-24(29)27,17-8-11-19(12-9-17)34-35(3,31)32)18-10-13-22(26)21(15-18)16-6-5-7-20(14-16)33-2/h5-15H,4H2,1-3H3,(H2,27,28). The highest BCUT2D eigenvalue weighted by molar-refractivity contribution is 7.86. The van der Waals surface area contributed by atoms with Gasteiger partial charge in [-0.1, -0.05) is 30.3 Å². The van der Waals surface area contributed by atoms with Gasteiger partial charge in [0, 0.05) is 12.1 Å². The van der Waals surface area contributed by atoms with Crippen LogP contribution < -0.4 is 14.7 Å². The van der Waals surface area contributed by atoms with Gasteiger partial charge in [-0.15, -0.1) is 0 Å². The fraction of sp³-hybridized carbons (Fsp3) is 0.200. The molecule has 1 unspecified atom stereocenters. The molecule has 0 saturated heterocycles. The van der Waals surface area contributed by atoms with Crippen LogP contribution in [-0.2, 0) is 20.5 Å². The smallest absolute Gasteiger partial charge is 0.306 e. The average Bonchev–Trinajstić information content (AvgIpc) is 3.09. The number of amides is 1. The van der Waals surface area contributed by atoms with Crippen molar-refractivity contribution in [3.05, 3.63) is 83.7 Å². The third kappa shape index (κ3) is 4.44. The summed E-state index contributed by atoms with van der Waals surface area (Å²) in [4.78, 5) is 19.6. The van der Waals surface area contributed by atoms with Crippen molar-refractivity contribution in [2.45, 2.75) is 12.5 Å². The number of nitrogens with two attached hydrogens (primary N) is 1. The van der Waals surface area contributed by atoms with E-state index in [1.54, 1.807) is 49.4 Å². The maximum absolute atomic E-state index is 15.0. The third-order valence-electron chi connectivity index (χ3n) is 5.71. The fourth-order valence-corrected chi connectivity index (χ4v) is 4.58. The highest BCUT2D eigenvalue weighted by atomic mass is 32.2. The molecular formula is C25H24FN3O5S. The number of carbonyl (C=O) groups is 1. The van der Waals surface area contributed by atoms with Crippen LogP contribution in [0.2, 0.25) is 0 Å². The molecule has 1 aliphatic heterocycles. The maximum atomic E-state index is 15.0. The first-order valence-electron chi connectivity index (χ1n) is 10.7. The van der Waals surface area contributed by atoms with Crippen molar-refractivity contribution in [1.29, 1.82) is 0 Å². The Balaban J connectivity index is 1.90. The summed E-state index contributed by atoms with van der Waals surface area (Å²) in [6, 6.07) is 17.2. The van der Waals surface area contributed by atoms with Crippen LogP contribution in [-0.4, -0.2) is 45.1 Å². The van der Waals surface area contributed by atoms with Gasteiger partial charge in [-0.3, -0.25) is 9.69 Å². The molecule has 8 nitrogen and oxygen atoms in total. The van der Waals surface area contributed by atoms with Gasteiger partial charge in [-0.05, 0) is 60.0 Å². The van der Waals surface area contributed by atoms with Crippen LogP contribution in [0.15, 0.2) is 71.7 Å². The molecule has 0 spiro atoms. The van der Waals surface area contributed by atoms with Crippen LogP contribution in [0.3, 0.4) is 0 Å². The van der Waals surface area contributed by atoms with Gasteiger partial charge in [-0.2, -0.15) is 8.42 Å². The van der Waals surface area contributed by atoms with Gasteiger partial charge in [-0.25, -0.2) is 9.38 Å². The lowest BCUT2D eigenvalue weighted by Gasteiger charge is -2.27. The Hall–Kier alpha value is -3.92. The van der Waals surface area contributed by atoms with Crippen molar-refractivity contribution >= 4 is 22.0 Å². The molecule has 0 aliphatic carbocycles. The van der Waals surface area contributed by atoms with E-state index in [9.17, 15) is 17.6 Å². The summed E-state index contributed by atoms with van der Waals surface area (Å²) >= 11 is 0. The number of methoxy groups -OCH3 is 1. The SMILES string of the molecule is CCN1C(=O)C(c2ccc(OS(C)(=O)=O)cc2)(c2ccc(F)c(-c3cccc(OC)c3)c2)N=C1N. The van der Waals surface area contributed by atoms with Gasteiger partial charge in [0.05, 0.1) is 13.4 Å². The summed E-state index contributed by atoms with van der Waals surface area (Å²) < 4.78 is 48.1. The molecule has 0 saturated carbocycles. The van der Waals surface area contributed by atoms with E-state index in [4.69, 9.17) is 14.7 Å². The van der Waals surface area contributed by atoms with Gasteiger partial charge in [0.2, 0.25) is 0 Å². The first-order valence-corrected chi connectivity index (χ1v) is 12.5. The number of rotatable bonds is 7. The molecular weight excluding hydrogens is 473 g/mol. The largest absolute Gasteiger partial charge is 0.497 e. The van der Waals surface area contributed by atoms with Crippen LogP contribution in [0.5, 0.6) is 11.5 Å². The number of guanidine groups is 1. The summed E-state index contributed by atoms with van der Waals surface area (Å²) in [5.41, 5.74) is 6.17. The summed E-state index contributed by atoms with van der Waals surface area (Å²) in [6.45, 7) is 2.06. The van der Waals surface area contributed by atoms with Gasteiger partial charge >= 0.3 is 10.1 Å².